The molecule has 118 valence electrons. The van der Waals surface area contributed by atoms with Gasteiger partial charge in [0.25, 0.3) is 0 Å². The SMILES string of the molecule is COC(=O)c1cc(Br)c2c(c1)=NCC(Cc1ccc(F)cc1)C=2. The molecule has 0 saturated carbocycles. The second kappa shape index (κ2) is 6.62. The molecule has 1 aliphatic heterocycles. The molecule has 0 N–H and O–H groups in total. The number of rotatable bonds is 3. The molecule has 1 aliphatic rings. The standard InChI is InChI=1S/C18H15BrFNO2/c1-23-18(22)13-8-16(19)15-7-12(10-21-17(15)9-13)6-11-2-4-14(20)5-3-11/h2-5,7-9,12H,6,10H2,1H3. The molecule has 1 heterocycles. The highest BCUT2D eigenvalue weighted by Gasteiger charge is 2.14. The normalized spacial score (nSPS) is 16.0. The first-order valence-electron chi connectivity index (χ1n) is 7.25. The van der Waals surface area contributed by atoms with E-state index in [9.17, 15) is 9.18 Å². The number of benzene rings is 2. The summed E-state index contributed by atoms with van der Waals surface area (Å²) in [5, 5.41) is 1.77. The van der Waals surface area contributed by atoms with Crippen LogP contribution in [-0.2, 0) is 11.2 Å². The van der Waals surface area contributed by atoms with Crippen molar-refractivity contribution in [1.29, 1.82) is 0 Å². The number of esters is 1. The van der Waals surface area contributed by atoms with Crippen molar-refractivity contribution in [2.24, 2.45) is 10.9 Å². The van der Waals surface area contributed by atoms with E-state index in [1.807, 2.05) is 0 Å². The monoisotopic (exact) mass is 375 g/mol. The van der Waals surface area contributed by atoms with Crippen LogP contribution in [0.15, 0.2) is 45.9 Å². The van der Waals surface area contributed by atoms with E-state index < -0.39 is 0 Å². The maximum absolute atomic E-state index is 13.0. The van der Waals surface area contributed by atoms with Gasteiger partial charge in [0.2, 0.25) is 0 Å². The third kappa shape index (κ3) is 3.50. The molecule has 3 nitrogen and oxygen atoms in total. The summed E-state index contributed by atoms with van der Waals surface area (Å²) >= 11 is 3.50. The fourth-order valence-corrected chi connectivity index (χ4v) is 3.27. The molecule has 1 unspecified atom stereocenters. The van der Waals surface area contributed by atoms with Crippen LogP contribution >= 0.6 is 15.9 Å². The number of fused-ring (bicyclic) bond motifs is 1. The Balaban J connectivity index is 1.91. The lowest BCUT2D eigenvalue weighted by molar-refractivity contribution is 0.0600. The third-order valence-electron chi connectivity index (χ3n) is 3.84. The van der Waals surface area contributed by atoms with Gasteiger partial charge in [0, 0.05) is 22.2 Å². The van der Waals surface area contributed by atoms with Gasteiger partial charge >= 0.3 is 5.97 Å². The van der Waals surface area contributed by atoms with Gasteiger partial charge in [-0.1, -0.05) is 34.1 Å². The highest BCUT2D eigenvalue weighted by Crippen LogP contribution is 2.15. The molecule has 0 aliphatic carbocycles. The second-order valence-corrected chi connectivity index (χ2v) is 6.33. The van der Waals surface area contributed by atoms with Crippen LogP contribution in [0.25, 0.3) is 6.08 Å². The lowest BCUT2D eigenvalue weighted by atomic mass is 9.96. The van der Waals surface area contributed by atoms with Crippen molar-refractivity contribution in [2.75, 3.05) is 13.7 Å². The predicted octanol–water partition coefficient (Wildman–Crippen LogP) is 2.65. The minimum Gasteiger partial charge on any atom is -0.465 e. The summed E-state index contributed by atoms with van der Waals surface area (Å²) in [6.07, 6.45) is 2.95. The molecule has 0 fully saturated rings. The van der Waals surface area contributed by atoms with Gasteiger partial charge in [-0.2, -0.15) is 0 Å². The van der Waals surface area contributed by atoms with Crippen molar-refractivity contribution in [3.63, 3.8) is 0 Å². The summed E-state index contributed by atoms with van der Waals surface area (Å²) in [7, 11) is 1.36. The molecule has 0 radical (unpaired) electrons. The van der Waals surface area contributed by atoms with Crippen LogP contribution in [0.4, 0.5) is 4.39 Å². The number of hydrogen-bond acceptors (Lipinski definition) is 3. The first-order valence-corrected chi connectivity index (χ1v) is 8.05. The molecular formula is C18H15BrFNO2. The Morgan fingerprint density at radius 3 is 2.78 bits per heavy atom. The van der Waals surface area contributed by atoms with Crippen LogP contribution in [0.3, 0.4) is 0 Å². The summed E-state index contributed by atoms with van der Waals surface area (Å²) in [5.41, 5.74) is 1.56. The van der Waals surface area contributed by atoms with Crippen molar-refractivity contribution >= 4 is 28.0 Å². The van der Waals surface area contributed by atoms with Gasteiger partial charge in [-0.05, 0) is 36.2 Å². The second-order valence-electron chi connectivity index (χ2n) is 5.48. The Bertz CT molecular complexity index is 862. The molecule has 0 aromatic heterocycles. The maximum atomic E-state index is 13.0. The molecule has 5 heteroatoms. The van der Waals surface area contributed by atoms with Crippen molar-refractivity contribution in [2.45, 2.75) is 6.42 Å². The lowest BCUT2D eigenvalue weighted by Crippen LogP contribution is -2.34. The van der Waals surface area contributed by atoms with E-state index in [4.69, 9.17) is 4.74 Å². The number of carbonyl (C=O) groups is 1. The fraction of sp³-hybridized carbons (Fsp3) is 0.222. The predicted molar refractivity (Wildman–Crippen MR) is 89.2 cm³/mol. The molecule has 0 bridgehead atoms. The van der Waals surface area contributed by atoms with E-state index in [0.29, 0.717) is 12.1 Å². The zero-order valence-corrected chi connectivity index (χ0v) is 14.1. The Labute approximate surface area is 141 Å². The van der Waals surface area contributed by atoms with Crippen molar-refractivity contribution in [3.8, 4) is 0 Å². The number of nitrogens with zero attached hydrogens (tertiary/aromatic N) is 1. The van der Waals surface area contributed by atoms with E-state index in [-0.39, 0.29) is 17.7 Å². The Kier molecular flexibility index (Phi) is 4.57. The maximum Gasteiger partial charge on any atom is 0.337 e. The average molecular weight is 376 g/mol. The number of methoxy groups -OCH3 is 1. The lowest BCUT2D eigenvalue weighted by Gasteiger charge is -2.15. The van der Waals surface area contributed by atoms with E-state index in [1.54, 1.807) is 24.3 Å². The number of carbonyl (C=O) groups excluding carboxylic acids is 1. The molecule has 0 spiro atoms. The number of hydrogen-bond donors (Lipinski definition) is 0. The zero-order valence-electron chi connectivity index (χ0n) is 12.6. The van der Waals surface area contributed by atoms with Crippen molar-refractivity contribution in [1.82, 2.24) is 0 Å². The van der Waals surface area contributed by atoms with Gasteiger partial charge in [-0.3, -0.25) is 4.99 Å². The minimum absolute atomic E-state index is 0.227. The van der Waals surface area contributed by atoms with Crippen LogP contribution in [0, 0.1) is 11.7 Å². The van der Waals surface area contributed by atoms with E-state index in [2.05, 4.69) is 27.0 Å². The molecule has 2 aromatic carbocycles. The van der Waals surface area contributed by atoms with Crippen LogP contribution < -0.4 is 10.6 Å². The van der Waals surface area contributed by atoms with Crippen LogP contribution in [0.1, 0.15) is 15.9 Å². The van der Waals surface area contributed by atoms with E-state index in [1.165, 1.54) is 19.2 Å². The molecule has 3 rings (SSSR count). The first kappa shape index (κ1) is 15.9. The largest absolute Gasteiger partial charge is 0.465 e. The molecule has 0 saturated heterocycles. The highest BCUT2D eigenvalue weighted by atomic mass is 79.9. The van der Waals surface area contributed by atoms with Crippen molar-refractivity contribution in [3.05, 3.63) is 68.4 Å². The Hall–Kier alpha value is -2.01. The van der Waals surface area contributed by atoms with Gasteiger partial charge in [0.15, 0.2) is 0 Å². The Morgan fingerprint density at radius 2 is 2.09 bits per heavy atom. The highest BCUT2D eigenvalue weighted by molar-refractivity contribution is 9.10. The van der Waals surface area contributed by atoms with Crippen molar-refractivity contribution < 1.29 is 13.9 Å². The van der Waals surface area contributed by atoms with Gasteiger partial charge < -0.3 is 4.74 Å². The smallest absolute Gasteiger partial charge is 0.337 e. The van der Waals surface area contributed by atoms with Gasteiger partial charge in [0.05, 0.1) is 18.0 Å². The molecule has 0 amide bonds. The quantitative estimate of drug-likeness (QED) is 0.773. The van der Waals surface area contributed by atoms with Crippen LogP contribution in [0.2, 0.25) is 0 Å². The average Bonchev–Trinajstić information content (AvgIpc) is 2.56. The molecule has 1 atom stereocenters. The fourth-order valence-electron chi connectivity index (χ4n) is 2.69. The molecule has 2 aromatic rings. The van der Waals surface area contributed by atoms with Gasteiger partial charge in [-0.15, -0.1) is 0 Å². The number of halogens is 2. The summed E-state index contributed by atoms with van der Waals surface area (Å²) in [6, 6.07) is 10.0. The van der Waals surface area contributed by atoms with E-state index in [0.717, 1.165) is 27.0 Å². The van der Waals surface area contributed by atoms with E-state index >= 15 is 0 Å². The summed E-state index contributed by atoms with van der Waals surface area (Å²) in [4.78, 5) is 16.2. The number of ether oxygens (including phenoxy) is 1. The Morgan fingerprint density at radius 1 is 1.35 bits per heavy atom. The summed E-state index contributed by atoms with van der Waals surface area (Å²) in [5.74, 6) is -0.361. The third-order valence-corrected chi connectivity index (χ3v) is 4.49. The van der Waals surface area contributed by atoms with Crippen LogP contribution in [0.5, 0.6) is 0 Å². The summed E-state index contributed by atoms with van der Waals surface area (Å²) < 4.78 is 18.5. The minimum atomic E-state index is -0.378. The molecular weight excluding hydrogens is 361 g/mol. The van der Waals surface area contributed by atoms with Gasteiger partial charge in [0.1, 0.15) is 5.82 Å². The topological polar surface area (TPSA) is 38.7 Å². The first-order chi connectivity index (χ1) is 11.1. The summed E-state index contributed by atoms with van der Waals surface area (Å²) in [6.45, 7) is 0.640. The van der Waals surface area contributed by atoms with Crippen LogP contribution in [-0.4, -0.2) is 19.6 Å². The van der Waals surface area contributed by atoms with Gasteiger partial charge in [-0.25, -0.2) is 9.18 Å². The zero-order chi connectivity index (χ0) is 16.4. The molecule has 23 heavy (non-hydrogen) atoms.